The Morgan fingerprint density at radius 2 is 1.42 bits per heavy atom. The molecular weight excluding hydrogens is 665 g/mol. The molecule has 2 aliphatic rings. The van der Waals surface area contributed by atoms with Crippen LogP contribution in [0.4, 0.5) is 11.4 Å². The van der Waals surface area contributed by atoms with Gasteiger partial charge in [0.05, 0.1) is 30.2 Å². The molecule has 0 spiro atoms. The highest BCUT2D eigenvalue weighted by atomic mass is 16.7. The Morgan fingerprint density at radius 1 is 0.755 bits per heavy atom. The van der Waals surface area contributed by atoms with Crippen LogP contribution in [0.15, 0.2) is 97.1 Å². The Morgan fingerprint density at radius 3 is 2.15 bits per heavy atom. The second kappa shape index (κ2) is 19.5. The normalized spacial score (nSPS) is 19.5. The zero-order chi connectivity index (χ0) is 36.8. The largest absolute Gasteiger partial charge is 0.397 e. The van der Waals surface area contributed by atoms with E-state index in [1.54, 1.807) is 12.1 Å². The van der Waals surface area contributed by atoms with Gasteiger partial charge in [0, 0.05) is 37.9 Å². The van der Waals surface area contributed by atoms with Crippen LogP contribution in [0.5, 0.6) is 0 Å². The fourth-order valence-electron chi connectivity index (χ4n) is 7.27. The minimum atomic E-state index is -0.503. The van der Waals surface area contributed by atoms with Crippen LogP contribution in [0.25, 0.3) is 11.1 Å². The summed E-state index contributed by atoms with van der Waals surface area (Å²) in [6.07, 6.45) is 8.49. The van der Waals surface area contributed by atoms with Crippen molar-refractivity contribution in [2.24, 2.45) is 0 Å². The Balaban J connectivity index is 1.05. The van der Waals surface area contributed by atoms with Crippen molar-refractivity contribution in [1.82, 2.24) is 10.2 Å². The van der Waals surface area contributed by atoms with Crippen molar-refractivity contribution >= 4 is 23.2 Å². The molecule has 5 N–H and O–H groups in total. The minimum absolute atomic E-state index is 0.0188. The molecule has 0 aliphatic carbocycles. The number of para-hydroxylation sites is 2. The zero-order valence-electron chi connectivity index (χ0n) is 30.7. The van der Waals surface area contributed by atoms with E-state index in [1.807, 2.05) is 42.5 Å². The van der Waals surface area contributed by atoms with E-state index in [-0.39, 0.29) is 30.6 Å². The first-order valence-corrected chi connectivity index (χ1v) is 19.3. The van der Waals surface area contributed by atoms with Crippen molar-refractivity contribution in [1.29, 1.82) is 0 Å². The molecule has 6 rings (SSSR count). The van der Waals surface area contributed by atoms with Crippen molar-refractivity contribution in [3.8, 4) is 11.1 Å². The van der Waals surface area contributed by atoms with E-state index in [2.05, 4.69) is 58.0 Å². The second-order valence-corrected chi connectivity index (χ2v) is 14.3. The van der Waals surface area contributed by atoms with E-state index in [1.165, 1.54) is 32.1 Å². The van der Waals surface area contributed by atoms with Gasteiger partial charge >= 0.3 is 0 Å². The second-order valence-electron chi connectivity index (χ2n) is 14.3. The van der Waals surface area contributed by atoms with Crippen LogP contribution in [0, 0.1) is 0 Å². The van der Waals surface area contributed by atoms with Crippen LogP contribution in [0.3, 0.4) is 0 Å². The number of nitrogens with two attached hydrogens (primary N) is 1. The summed E-state index contributed by atoms with van der Waals surface area (Å²) in [7, 11) is 0. The monoisotopic (exact) mass is 718 g/mol. The molecule has 0 unspecified atom stereocenters. The van der Waals surface area contributed by atoms with Crippen molar-refractivity contribution in [3.05, 3.63) is 119 Å². The lowest BCUT2D eigenvalue weighted by Gasteiger charge is -2.39. The smallest absolute Gasteiger partial charge is 0.224 e. The van der Waals surface area contributed by atoms with E-state index >= 15 is 0 Å². The Kier molecular flexibility index (Phi) is 14.1. The molecular formula is C44H54N4O5. The molecule has 2 amide bonds. The lowest BCUT2D eigenvalue weighted by molar-refractivity contribution is -0.253. The topological polar surface area (TPSA) is 126 Å². The van der Waals surface area contributed by atoms with Gasteiger partial charge in [-0.05, 0) is 78.7 Å². The van der Waals surface area contributed by atoms with Gasteiger partial charge in [0.25, 0.3) is 0 Å². The number of nitrogen functional groups attached to an aromatic ring is 1. The fourth-order valence-corrected chi connectivity index (χ4v) is 7.27. The van der Waals surface area contributed by atoms with Gasteiger partial charge in [0.2, 0.25) is 11.8 Å². The van der Waals surface area contributed by atoms with Gasteiger partial charge in [-0.25, -0.2) is 0 Å². The number of unbranched alkanes of at least 4 members (excludes halogenated alkanes) is 1. The van der Waals surface area contributed by atoms with Crippen LogP contribution >= 0.6 is 0 Å². The summed E-state index contributed by atoms with van der Waals surface area (Å²) in [5.74, 6) is -0.151. The number of benzene rings is 4. The number of amides is 2. The SMILES string of the molecule is Nc1ccccc1NC(=O)CCCCC(=O)NCc1ccccc1-c1ccc([C@H]2O[C@@H](CN3CCCCCCC3)C[C@@H](c3ccc(CO)cc3)O2)cc1. The number of carbonyl (C=O) groups is 2. The van der Waals surface area contributed by atoms with E-state index in [0.717, 1.165) is 59.4 Å². The summed E-state index contributed by atoms with van der Waals surface area (Å²) in [5.41, 5.74) is 13.1. The predicted molar refractivity (Wildman–Crippen MR) is 210 cm³/mol. The van der Waals surface area contributed by atoms with Crippen LogP contribution in [-0.2, 0) is 32.2 Å². The van der Waals surface area contributed by atoms with Gasteiger partial charge in [0.1, 0.15) is 0 Å². The van der Waals surface area contributed by atoms with Crippen molar-refractivity contribution < 1.29 is 24.2 Å². The average Bonchev–Trinajstić information content (AvgIpc) is 3.18. The number of hydrogen-bond acceptors (Lipinski definition) is 7. The van der Waals surface area contributed by atoms with Crippen molar-refractivity contribution in [2.75, 3.05) is 30.7 Å². The highest BCUT2D eigenvalue weighted by Crippen LogP contribution is 2.39. The molecule has 2 fully saturated rings. The quantitative estimate of drug-likeness (QED) is 0.0768. The maximum Gasteiger partial charge on any atom is 0.224 e. The molecule has 280 valence electrons. The lowest BCUT2D eigenvalue weighted by atomic mass is 9.97. The first kappa shape index (κ1) is 38.2. The Hall–Kier alpha value is -4.54. The summed E-state index contributed by atoms with van der Waals surface area (Å²) in [4.78, 5) is 27.6. The maximum atomic E-state index is 12.7. The van der Waals surface area contributed by atoms with Crippen LogP contribution < -0.4 is 16.4 Å². The Bertz CT molecular complexity index is 1750. The van der Waals surface area contributed by atoms with Crippen LogP contribution in [0.1, 0.15) is 98.9 Å². The highest BCUT2D eigenvalue weighted by Gasteiger charge is 2.33. The fraction of sp³-hybridized carbons (Fsp3) is 0.409. The molecule has 4 aromatic carbocycles. The standard InChI is InChI=1S/C44H54N4O5/c45-39-14-6-7-15-40(39)47-43(51)17-9-8-16-42(50)46-29-36-12-4-5-13-38(36)33-22-24-35(25-23-33)44-52-37(30-48-26-10-2-1-3-11-27-48)28-41(53-44)34-20-18-32(31-49)19-21-34/h4-7,12-15,18-25,37,41,44,49H,1-3,8-11,16-17,26-31,45H2,(H,46,50)(H,47,51)/t37-,41+,44+/m1/s1. The van der Waals surface area contributed by atoms with E-state index in [9.17, 15) is 14.7 Å². The Labute approximate surface area is 313 Å². The first-order chi connectivity index (χ1) is 25.9. The third-order valence-corrected chi connectivity index (χ3v) is 10.3. The molecule has 2 saturated heterocycles. The van der Waals surface area contributed by atoms with E-state index in [0.29, 0.717) is 43.6 Å². The number of hydrogen-bond donors (Lipinski definition) is 4. The molecule has 4 aromatic rings. The molecule has 53 heavy (non-hydrogen) atoms. The third kappa shape index (κ3) is 11.2. The van der Waals surface area contributed by atoms with Gasteiger partial charge in [-0.3, -0.25) is 9.59 Å². The van der Waals surface area contributed by atoms with Crippen molar-refractivity contribution in [2.45, 2.75) is 95.9 Å². The number of anilines is 2. The summed E-state index contributed by atoms with van der Waals surface area (Å²) in [6.45, 7) is 3.54. The minimum Gasteiger partial charge on any atom is -0.397 e. The molecule has 3 atom stereocenters. The number of nitrogens with one attached hydrogen (secondary N) is 2. The number of aliphatic hydroxyl groups is 1. The number of aliphatic hydroxyl groups excluding tert-OH is 1. The summed E-state index contributed by atoms with van der Waals surface area (Å²) < 4.78 is 13.3. The summed E-state index contributed by atoms with van der Waals surface area (Å²) in [5, 5.41) is 15.5. The first-order valence-electron chi connectivity index (χ1n) is 19.3. The predicted octanol–water partition coefficient (Wildman–Crippen LogP) is 8.05. The maximum absolute atomic E-state index is 12.7. The number of rotatable bonds is 14. The van der Waals surface area contributed by atoms with Gasteiger partial charge in [-0.15, -0.1) is 0 Å². The number of nitrogens with zero attached hydrogens (tertiary/aromatic N) is 1. The van der Waals surface area contributed by atoms with Gasteiger partial charge in [-0.2, -0.15) is 0 Å². The molecule has 0 radical (unpaired) electrons. The summed E-state index contributed by atoms with van der Waals surface area (Å²) >= 11 is 0. The molecule has 0 saturated carbocycles. The molecule has 9 nitrogen and oxygen atoms in total. The van der Waals surface area contributed by atoms with Crippen LogP contribution in [-0.4, -0.2) is 47.6 Å². The van der Waals surface area contributed by atoms with Crippen LogP contribution in [0.2, 0.25) is 0 Å². The zero-order valence-corrected chi connectivity index (χ0v) is 30.7. The number of ether oxygens (including phenoxy) is 2. The lowest BCUT2D eigenvalue weighted by Crippen LogP contribution is -2.40. The highest BCUT2D eigenvalue weighted by molar-refractivity contribution is 5.93. The summed E-state index contributed by atoms with van der Waals surface area (Å²) in [6, 6.07) is 31.7. The molecule has 0 bridgehead atoms. The number of carbonyl (C=O) groups excluding carboxylic acids is 2. The molecule has 9 heteroatoms. The van der Waals surface area contributed by atoms with E-state index in [4.69, 9.17) is 15.2 Å². The van der Waals surface area contributed by atoms with Gasteiger partial charge < -0.3 is 35.8 Å². The molecule has 0 aromatic heterocycles. The average molecular weight is 719 g/mol. The van der Waals surface area contributed by atoms with Gasteiger partial charge in [-0.1, -0.05) is 104 Å². The van der Waals surface area contributed by atoms with Gasteiger partial charge in [0.15, 0.2) is 6.29 Å². The molecule has 2 aliphatic heterocycles. The number of likely N-dealkylation sites (tertiary alicyclic amines) is 1. The molecule has 2 heterocycles. The third-order valence-electron chi connectivity index (χ3n) is 10.3. The van der Waals surface area contributed by atoms with E-state index < -0.39 is 6.29 Å². The van der Waals surface area contributed by atoms with Crippen molar-refractivity contribution in [3.63, 3.8) is 0 Å².